The van der Waals surface area contributed by atoms with Crippen molar-refractivity contribution in [2.75, 3.05) is 20.8 Å². The van der Waals surface area contributed by atoms with Crippen molar-refractivity contribution in [3.63, 3.8) is 0 Å². The SMILES string of the molecule is COc1cc(C(C)NC(=O)c2cc(Cl)c(OCC(N)=O)c(OC)c2)ccc1OC(C)C. The summed E-state index contributed by atoms with van der Waals surface area (Å²) in [6.45, 7) is 5.34. The van der Waals surface area contributed by atoms with Crippen LogP contribution in [0.5, 0.6) is 23.0 Å². The number of ether oxygens (including phenoxy) is 4. The molecule has 3 N–H and O–H groups in total. The highest BCUT2D eigenvalue weighted by molar-refractivity contribution is 6.32. The van der Waals surface area contributed by atoms with Crippen LogP contribution >= 0.6 is 11.6 Å². The third kappa shape index (κ3) is 6.42. The predicted molar refractivity (Wildman–Crippen MR) is 117 cm³/mol. The molecule has 0 aliphatic rings. The molecule has 2 aromatic rings. The maximum atomic E-state index is 12.8. The zero-order chi connectivity index (χ0) is 23.1. The molecule has 0 aliphatic heterocycles. The van der Waals surface area contributed by atoms with Crippen molar-refractivity contribution in [3.8, 4) is 23.0 Å². The minimum absolute atomic E-state index is 0.00605. The van der Waals surface area contributed by atoms with Crippen LogP contribution in [0.2, 0.25) is 5.02 Å². The number of halogens is 1. The molecule has 0 fully saturated rings. The van der Waals surface area contributed by atoms with E-state index in [1.165, 1.54) is 19.2 Å². The lowest BCUT2D eigenvalue weighted by Gasteiger charge is -2.19. The molecule has 0 radical (unpaired) electrons. The molecule has 0 spiro atoms. The van der Waals surface area contributed by atoms with Gasteiger partial charge in [0.25, 0.3) is 11.8 Å². The Morgan fingerprint density at radius 3 is 2.29 bits per heavy atom. The zero-order valence-corrected chi connectivity index (χ0v) is 18.9. The highest BCUT2D eigenvalue weighted by atomic mass is 35.5. The number of nitrogens with one attached hydrogen (secondary N) is 1. The summed E-state index contributed by atoms with van der Waals surface area (Å²) >= 11 is 6.23. The van der Waals surface area contributed by atoms with Gasteiger partial charge in [0.05, 0.1) is 31.4 Å². The van der Waals surface area contributed by atoms with Crippen LogP contribution < -0.4 is 30.0 Å². The Hall–Kier alpha value is -3.13. The second-order valence-corrected chi connectivity index (χ2v) is 7.42. The maximum Gasteiger partial charge on any atom is 0.255 e. The molecule has 0 saturated heterocycles. The van der Waals surface area contributed by atoms with Crippen LogP contribution in [-0.2, 0) is 4.79 Å². The average Bonchev–Trinajstić information content (AvgIpc) is 2.71. The van der Waals surface area contributed by atoms with Crippen LogP contribution in [0, 0.1) is 0 Å². The largest absolute Gasteiger partial charge is 0.493 e. The number of hydrogen-bond acceptors (Lipinski definition) is 6. The second kappa shape index (κ2) is 10.8. The van der Waals surface area contributed by atoms with Gasteiger partial charge in [-0.05, 0) is 50.6 Å². The van der Waals surface area contributed by atoms with Crippen molar-refractivity contribution in [2.24, 2.45) is 5.73 Å². The first-order chi connectivity index (χ1) is 14.7. The van der Waals surface area contributed by atoms with Gasteiger partial charge in [0, 0.05) is 5.56 Å². The molecule has 2 aromatic carbocycles. The van der Waals surface area contributed by atoms with Crippen molar-refractivity contribution in [3.05, 3.63) is 46.5 Å². The number of primary amides is 1. The molecule has 2 rings (SSSR count). The Labute approximate surface area is 186 Å². The van der Waals surface area contributed by atoms with Crippen LogP contribution in [-0.4, -0.2) is 38.7 Å². The fourth-order valence-corrected chi connectivity index (χ4v) is 3.07. The van der Waals surface area contributed by atoms with E-state index in [9.17, 15) is 9.59 Å². The average molecular weight is 451 g/mol. The van der Waals surface area contributed by atoms with E-state index in [1.54, 1.807) is 7.11 Å². The van der Waals surface area contributed by atoms with Crippen molar-refractivity contribution in [1.29, 1.82) is 0 Å². The lowest BCUT2D eigenvalue weighted by atomic mass is 10.1. The summed E-state index contributed by atoms with van der Waals surface area (Å²) < 4.78 is 21.7. The van der Waals surface area contributed by atoms with E-state index in [2.05, 4.69) is 5.32 Å². The molecule has 1 unspecified atom stereocenters. The first-order valence-corrected chi connectivity index (χ1v) is 9.98. The molecule has 0 aromatic heterocycles. The molecule has 0 saturated carbocycles. The molecule has 31 heavy (non-hydrogen) atoms. The summed E-state index contributed by atoms with van der Waals surface area (Å²) in [5.41, 5.74) is 6.20. The first-order valence-electron chi connectivity index (χ1n) is 9.60. The van der Waals surface area contributed by atoms with Gasteiger partial charge >= 0.3 is 0 Å². The Bertz CT molecular complexity index is 948. The molecule has 168 valence electrons. The topological polar surface area (TPSA) is 109 Å². The Morgan fingerprint density at radius 2 is 1.71 bits per heavy atom. The van der Waals surface area contributed by atoms with Gasteiger partial charge in [-0.2, -0.15) is 0 Å². The predicted octanol–water partition coefficient (Wildman–Crippen LogP) is 3.50. The van der Waals surface area contributed by atoms with Crippen molar-refractivity contribution < 1.29 is 28.5 Å². The number of rotatable bonds is 10. The highest BCUT2D eigenvalue weighted by Crippen LogP contribution is 2.37. The van der Waals surface area contributed by atoms with Gasteiger partial charge in [-0.3, -0.25) is 9.59 Å². The molecule has 8 nitrogen and oxygen atoms in total. The van der Waals surface area contributed by atoms with Crippen LogP contribution in [0.1, 0.15) is 42.7 Å². The van der Waals surface area contributed by atoms with Crippen molar-refractivity contribution >= 4 is 23.4 Å². The van der Waals surface area contributed by atoms with E-state index in [0.29, 0.717) is 11.5 Å². The summed E-state index contributed by atoms with van der Waals surface area (Å²) in [6.07, 6.45) is 0.00605. The lowest BCUT2D eigenvalue weighted by molar-refractivity contribution is -0.119. The Balaban J connectivity index is 2.20. The summed E-state index contributed by atoms with van der Waals surface area (Å²) in [6, 6.07) is 8.07. The molecule has 2 amide bonds. The van der Waals surface area contributed by atoms with E-state index >= 15 is 0 Å². The highest BCUT2D eigenvalue weighted by Gasteiger charge is 2.19. The molecule has 9 heteroatoms. The van der Waals surface area contributed by atoms with E-state index in [4.69, 9.17) is 36.3 Å². The van der Waals surface area contributed by atoms with Gasteiger partial charge in [-0.1, -0.05) is 17.7 Å². The molecule has 0 bridgehead atoms. The normalized spacial score (nSPS) is 11.6. The zero-order valence-electron chi connectivity index (χ0n) is 18.2. The van der Waals surface area contributed by atoms with Gasteiger partial charge in [-0.15, -0.1) is 0 Å². The van der Waals surface area contributed by atoms with E-state index in [-0.39, 0.29) is 46.7 Å². The Morgan fingerprint density at radius 1 is 1.03 bits per heavy atom. The van der Waals surface area contributed by atoms with Gasteiger partial charge in [0.2, 0.25) is 0 Å². The van der Waals surface area contributed by atoms with Gasteiger partial charge in [-0.25, -0.2) is 0 Å². The number of hydrogen-bond donors (Lipinski definition) is 2. The third-order valence-electron chi connectivity index (χ3n) is 4.25. The minimum Gasteiger partial charge on any atom is -0.493 e. The third-order valence-corrected chi connectivity index (χ3v) is 4.53. The lowest BCUT2D eigenvalue weighted by Crippen LogP contribution is -2.27. The van der Waals surface area contributed by atoms with E-state index < -0.39 is 5.91 Å². The monoisotopic (exact) mass is 450 g/mol. The minimum atomic E-state index is -0.658. The van der Waals surface area contributed by atoms with E-state index in [0.717, 1.165) is 5.56 Å². The first kappa shape index (κ1) is 24.1. The molecular formula is C22H27ClN2O6. The fourth-order valence-electron chi connectivity index (χ4n) is 2.80. The summed E-state index contributed by atoms with van der Waals surface area (Å²) in [5, 5.41) is 3.03. The van der Waals surface area contributed by atoms with Gasteiger partial charge < -0.3 is 30.0 Å². The number of methoxy groups -OCH3 is 2. The molecular weight excluding hydrogens is 424 g/mol. The Kier molecular flexibility index (Phi) is 8.38. The van der Waals surface area contributed by atoms with Crippen LogP contribution in [0.25, 0.3) is 0 Å². The van der Waals surface area contributed by atoms with Gasteiger partial charge in [0.15, 0.2) is 29.6 Å². The molecule has 1 atom stereocenters. The second-order valence-electron chi connectivity index (χ2n) is 7.02. The van der Waals surface area contributed by atoms with Crippen LogP contribution in [0.15, 0.2) is 30.3 Å². The van der Waals surface area contributed by atoms with Crippen LogP contribution in [0.3, 0.4) is 0 Å². The molecule has 0 heterocycles. The number of amides is 2. The standard InChI is InChI=1S/C22H27ClN2O6/c1-12(2)31-17-7-6-14(9-18(17)28-4)13(3)25-22(27)15-8-16(23)21(19(10-15)29-5)30-11-20(24)26/h6-10,12-13H,11H2,1-5H3,(H2,24,26)(H,25,27). The molecule has 0 aliphatic carbocycles. The number of carbonyl (C=O) groups excluding carboxylic acids is 2. The van der Waals surface area contributed by atoms with E-state index in [1.807, 2.05) is 39.0 Å². The maximum absolute atomic E-state index is 12.8. The number of carbonyl (C=O) groups is 2. The summed E-state index contributed by atoms with van der Waals surface area (Å²) in [5.74, 6) is 0.530. The fraction of sp³-hybridized carbons (Fsp3) is 0.364. The quantitative estimate of drug-likeness (QED) is 0.573. The summed E-state index contributed by atoms with van der Waals surface area (Å²) in [7, 11) is 2.96. The smallest absolute Gasteiger partial charge is 0.255 e. The van der Waals surface area contributed by atoms with Crippen LogP contribution in [0.4, 0.5) is 0 Å². The van der Waals surface area contributed by atoms with Crippen molar-refractivity contribution in [2.45, 2.75) is 32.9 Å². The number of nitrogens with two attached hydrogens (primary N) is 1. The summed E-state index contributed by atoms with van der Waals surface area (Å²) in [4.78, 5) is 23.8. The van der Waals surface area contributed by atoms with Crippen molar-refractivity contribution in [1.82, 2.24) is 5.32 Å². The number of benzene rings is 2. The van der Waals surface area contributed by atoms with Gasteiger partial charge in [0.1, 0.15) is 0 Å².